The molecule has 6 nitrogen and oxygen atoms in total. The third kappa shape index (κ3) is 4.42. The van der Waals surface area contributed by atoms with Crippen molar-refractivity contribution in [1.82, 2.24) is 10.4 Å². The molecule has 2 N–H and O–H groups in total. The van der Waals surface area contributed by atoms with Gasteiger partial charge in [-0.05, 0) is 55.3 Å². The lowest BCUT2D eigenvalue weighted by Crippen LogP contribution is -2.30. The lowest BCUT2D eigenvalue weighted by atomic mass is 10.1. The van der Waals surface area contributed by atoms with E-state index in [-0.39, 0.29) is 17.1 Å². The summed E-state index contributed by atoms with van der Waals surface area (Å²) in [6, 6.07) is 8.51. The number of sulfone groups is 1. The fourth-order valence-electron chi connectivity index (χ4n) is 2.45. The van der Waals surface area contributed by atoms with Gasteiger partial charge in [-0.3, -0.25) is 15.6 Å². The molecule has 0 radical (unpaired) electrons. The summed E-state index contributed by atoms with van der Waals surface area (Å²) in [4.78, 5) is 16.4. The molecule has 0 unspecified atom stereocenters. The SMILES string of the molecule is Cc1ccc2sc(NNC(=O)CCS(=O)(=O)c3ccc(F)cc3)nc2c1C. The van der Waals surface area contributed by atoms with Gasteiger partial charge < -0.3 is 0 Å². The molecule has 0 aliphatic carbocycles. The lowest BCUT2D eigenvalue weighted by Gasteiger charge is -2.06. The number of hydrazine groups is 1. The van der Waals surface area contributed by atoms with Crippen LogP contribution in [0.25, 0.3) is 10.2 Å². The molecule has 0 fully saturated rings. The smallest absolute Gasteiger partial charge is 0.239 e. The van der Waals surface area contributed by atoms with Crippen molar-refractivity contribution in [3.05, 3.63) is 53.3 Å². The van der Waals surface area contributed by atoms with Gasteiger partial charge in [-0.1, -0.05) is 17.4 Å². The summed E-state index contributed by atoms with van der Waals surface area (Å²) >= 11 is 1.39. The summed E-state index contributed by atoms with van der Waals surface area (Å²) in [6.07, 6.45) is -0.226. The van der Waals surface area contributed by atoms with Gasteiger partial charge in [-0.2, -0.15) is 0 Å². The third-order valence-corrected chi connectivity index (χ3v) is 6.83. The van der Waals surface area contributed by atoms with Crippen LogP contribution in [-0.4, -0.2) is 25.1 Å². The van der Waals surface area contributed by atoms with Crippen LogP contribution in [0.5, 0.6) is 0 Å². The van der Waals surface area contributed by atoms with E-state index in [1.807, 2.05) is 26.0 Å². The van der Waals surface area contributed by atoms with Crippen LogP contribution in [0, 0.1) is 19.7 Å². The minimum atomic E-state index is -3.65. The number of anilines is 1. The molecular weight excluding hydrogens is 389 g/mol. The maximum Gasteiger partial charge on any atom is 0.239 e. The normalized spacial score (nSPS) is 11.5. The van der Waals surface area contributed by atoms with E-state index in [2.05, 4.69) is 15.8 Å². The van der Waals surface area contributed by atoms with E-state index in [9.17, 15) is 17.6 Å². The molecule has 0 spiro atoms. The Labute approximate surface area is 160 Å². The first-order valence-electron chi connectivity index (χ1n) is 8.16. The zero-order valence-electron chi connectivity index (χ0n) is 14.7. The number of halogens is 1. The van der Waals surface area contributed by atoms with Crippen LogP contribution in [0.1, 0.15) is 17.5 Å². The second-order valence-corrected chi connectivity index (χ2v) is 9.21. The second-order valence-electron chi connectivity index (χ2n) is 6.07. The molecule has 0 aliphatic heterocycles. The number of hydrogen-bond donors (Lipinski definition) is 2. The Balaban J connectivity index is 1.58. The third-order valence-electron chi connectivity index (χ3n) is 4.16. The van der Waals surface area contributed by atoms with Crippen molar-refractivity contribution in [2.45, 2.75) is 25.2 Å². The minimum absolute atomic E-state index is 0.0123. The first kappa shape index (κ1) is 19.2. The van der Waals surface area contributed by atoms with E-state index in [4.69, 9.17) is 0 Å². The van der Waals surface area contributed by atoms with Crippen molar-refractivity contribution in [3.8, 4) is 0 Å². The number of benzene rings is 2. The molecule has 3 aromatic rings. The summed E-state index contributed by atoms with van der Waals surface area (Å²) in [5, 5.41) is 0.522. The van der Waals surface area contributed by atoms with Gasteiger partial charge in [0.05, 0.1) is 20.9 Å². The number of nitrogens with one attached hydrogen (secondary N) is 2. The highest BCUT2D eigenvalue weighted by molar-refractivity contribution is 7.91. The van der Waals surface area contributed by atoms with Gasteiger partial charge >= 0.3 is 0 Å². The molecule has 9 heteroatoms. The Hall–Kier alpha value is -2.52. The number of carbonyl (C=O) groups excluding carboxylic acids is 1. The maximum absolute atomic E-state index is 12.9. The Kier molecular flexibility index (Phi) is 5.43. The number of fused-ring (bicyclic) bond motifs is 1. The lowest BCUT2D eigenvalue weighted by molar-refractivity contribution is -0.120. The van der Waals surface area contributed by atoms with E-state index in [1.165, 1.54) is 23.5 Å². The predicted octanol–water partition coefficient (Wildman–Crippen LogP) is 3.36. The molecule has 0 saturated carbocycles. The summed E-state index contributed by atoms with van der Waals surface area (Å²) in [5.41, 5.74) is 8.27. The van der Waals surface area contributed by atoms with E-state index in [1.54, 1.807) is 0 Å². The molecule has 1 aromatic heterocycles. The van der Waals surface area contributed by atoms with Gasteiger partial charge in [0.25, 0.3) is 0 Å². The number of thiazole rings is 1. The molecule has 0 bridgehead atoms. The number of carbonyl (C=O) groups is 1. The highest BCUT2D eigenvalue weighted by atomic mass is 32.2. The Morgan fingerprint density at radius 2 is 1.85 bits per heavy atom. The topological polar surface area (TPSA) is 88.2 Å². The first-order chi connectivity index (χ1) is 12.8. The van der Waals surface area contributed by atoms with Crippen LogP contribution >= 0.6 is 11.3 Å². The van der Waals surface area contributed by atoms with Crippen molar-refractivity contribution < 1.29 is 17.6 Å². The number of aromatic nitrogens is 1. The van der Waals surface area contributed by atoms with Gasteiger partial charge in [0, 0.05) is 6.42 Å². The fraction of sp³-hybridized carbons (Fsp3) is 0.222. The molecular formula is C18H18FN3O3S2. The number of hydrogen-bond acceptors (Lipinski definition) is 6. The Bertz CT molecular complexity index is 1090. The molecule has 0 saturated heterocycles. The Morgan fingerprint density at radius 3 is 2.56 bits per heavy atom. The van der Waals surface area contributed by atoms with Gasteiger partial charge in [0.2, 0.25) is 11.0 Å². The van der Waals surface area contributed by atoms with E-state index < -0.39 is 21.6 Å². The molecule has 3 rings (SSSR count). The molecule has 2 aromatic carbocycles. The molecule has 27 heavy (non-hydrogen) atoms. The van der Waals surface area contributed by atoms with Gasteiger partial charge in [0.1, 0.15) is 5.82 Å². The fourth-order valence-corrected chi connectivity index (χ4v) is 4.57. The van der Waals surface area contributed by atoms with Crippen LogP contribution in [0.2, 0.25) is 0 Å². The number of aryl methyl sites for hydroxylation is 2. The summed E-state index contributed by atoms with van der Waals surface area (Å²) in [7, 11) is -3.65. The molecule has 1 heterocycles. The largest absolute Gasteiger partial charge is 0.273 e. The molecule has 142 valence electrons. The summed E-state index contributed by atoms with van der Waals surface area (Å²) < 4.78 is 38.2. The zero-order valence-corrected chi connectivity index (χ0v) is 16.4. The second kappa shape index (κ2) is 7.61. The summed E-state index contributed by atoms with van der Waals surface area (Å²) in [5.74, 6) is -1.37. The van der Waals surface area contributed by atoms with Crippen molar-refractivity contribution >= 4 is 42.4 Å². The van der Waals surface area contributed by atoms with E-state index in [0.29, 0.717) is 5.13 Å². The van der Waals surface area contributed by atoms with Crippen LogP contribution in [0.15, 0.2) is 41.3 Å². The van der Waals surface area contributed by atoms with Crippen LogP contribution in [0.3, 0.4) is 0 Å². The standard InChI is InChI=1S/C18H18FN3O3S2/c1-11-3-8-15-17(12(11)2)20-18(26-15)22-21-16(23)9-10-27(24,25)14-6-4-13(19)5-7-14/h3-8H,9-10H2,1-2H3,(H,20,22)(H,21,23). The highest BCUT2D eigenvalue weighted by Crippen LogP contribution is 2.29. The first-order valence-corrected chi connectivity index (χ1v) is 10.6. The van der Waals surface area contributed by atoms with Gasteiger partial charge in [-0.25, -0.2) is 17.8 Å². The van der Waals surface area contributed by atoms with E-state index >= 15 is 0 Å². The quantitative estimate of drug-likeness (QED) is 0.483. The van der Waals surface area contributed by atoms with Gasteiger partial charge in [0.15, 0.2) is 9.84 Å². The van der Waals surface area contributed by atoms with Crippen molar-refractivity contribution in [2.24, 2.45) is 0 Å². The number of rotatable bonds is 6. The number of amides is 1. The average Bonchev–Trinajstić information content (AvgIpc) is 3.06. The van der Waals surface area contributed by atoms with E-state index in [0.717, 1.165) is 33.5 Å². The average molecular weight is 407 g/mol. The molecule has 0 aliphatic rings. The van der Waals surface area contributed by atoms with Crippen LogP contribution < -0.4 is 10.9 Å². The minimum Gasteiger partial charge on any atom is -0.273 e. The monoisotopic (exact) mass is 407 g/mol. The van der Waals surface area contributed by atoms with Crippen LogP contribution in [0.4, 0.5) is 9.52 Å². The molecule has 0 atom stereocenters. The van der Waals surface area contributed by atoms with Crippen molar-refractivity contribution in [3.63, 3.8) is 0 Å². The zero-order chi connectivity index (χ0) is 19.6. The summed E-state index contributed by atoms with van der Waals surface area (Å²) in [6.45, 7) is 3.99. The maximum atomic E-state index is 12.9. The number of nitrogens with zero attached hydrogens (tertiary/aromatic N) is 1. The predicted molar refractivity (Wildman–Crippen MR) is 104 cm³/mol. The Morgan fingerprint density at radius 1 is 1.15 bits per heavy atom. The highest BCUT2D eigenvalue weighted by Gasteiger charge is 2.17. The van der Waals surface area contributed by atoms with Crippen molar-refractivity contribution in [1.29, 1.82) is 0 Å². The van der Waals surface area contributed by atoms with Crippen molar-refractivity contribution in [2.75, 3.05) is 11.2 Å². The van der Waals surface area contributed by atoms with Gasteiger partial charge in [-0.15, -0.1) is 0 Å². The van der Waals surface area contributed by atoms with Crippen LogP contribution in [-0.2, 0) is 14.6 Å². The molecule has 1 amide bonds.